The van der Waals surface area contributed by atoms with E-state index in [4.69, 9.17) is 5.73 Å². The van der Waals surface area contributed by atoms with Crippen molar-refractivity contribution in [2.75, 3.05) is 25.1 Å². The van der Waals surface area contributed by atoms with E-state index in [9.17, 15) is 9.59 Å². The van der Waals surface area contributed by atoms with Crippen LogP contribution in [-0.2, 0) is 6.54 Å². The third-order valence-electron chi connectivity index (χ3n) is 6.82. The molecule has 0 bridgehead atoms. The highest BCUT2D eigenvalue weighted by Gasteiger charge is 2.19. The molecular formula is C30H28N10O2. The molecule has 4 N–H and O–H groups in total. The topological polar surface area (TPSA) is 153 Å². The lowest BCUT2D eigenvalue weighted by Crippen LogP contribution is -2.33. The van der Waals surface area contributed by atoms with Gasteiger partial charge in [-0.1, -0.05) is 48.5 Å². The molecule has 0 aliphatic heterocycles. The average Bonchev–Trinajstić information content (AvgIpc) is 3.57. The number of rotatable bonds is 6. The number of anilines is 2. The molecule has 3 heterocycles. The summed E-state index contributed by atoms with van der Waals surface area (Å²) in [5.41, 5.74) is 11.1. The molecule has 0 saturated carbocycles. The quantitative estimate of drug-likeness (QED) is 0.276. The van der Waals surface area contributed by atoms with Crippen LogP contribution in [0.1, 0.15) is 11.3 Å². The first-order valence-electron chi connectivity index (χ1n) is 13.2. The molecule has 0 aliphatic carbocycles. The van der Waals surface area contributed by atoms with Gasteiger partial charge in [-0.25, -0.2) is 9.48 Å². The fourth-order valence-corrected chi connectivity index (χ4v) is 4.88. The van der Waals surface area contributed by atoms with Crippen LogP contribution in [0.25, 0.3) is 39.1 Å². The Hall–Kier alpha value is -5.62. The Morgan fingerprint density at radius 3 is 2.52 bits per heavy atom. The number of nitrogen functional groups attached to an aromatic ring is 1. The molecule has 6 aromatic rings. The zero-order chi connectivity index (χ0) is 29.4. The second-order valence-corrected chi connectivity index (χ2v) is 10.1. The molecule has 3 aromatic carbocycles. The number of nitrogens with one attached hydrogen (secondary N) is 2. The lowest BCUT2D eigenvalue weighted by molar-refractivity contribution is 0.250. The largest absolute Gasteiger partial charge is 0.368 e. The second kappa shape index (κ2) is 10.7. The highest BCUT2D eigenvalue weighted by Crippen LogP contribution is 2.26. The number of nitrogens with two attached hydrogens (primary N) is 1. The summed E-state index contributed by atoms with van der Waals surface area (Å²) in [6.07, 6.45) is 1.47. The zero-order valence-corrected chi connectivity index (χ0v) is 23.2. The average molecular weight is 561 g/mol. The van der Waals surface area contributed by atoms with Crippen molar-refractivity contribution in [2.24, 2.45) is 0 Å². The summed E-state index contributed by atoms with van der Waals surface area (Å²) >= 11 is 0. The summed E-state index contributed by atoms with van der Waals surface area (Å²) in [6.45, 7) is 2.59. The molecular weight excluding hydrogens is 532 g/mol. The van der Waals surface area contributed by atoms with Gasteiger partial charge in [0.1, 0.15) is 5.52 Å². The van der Waals surface area contributed by atoms with E-state index in [0.29, 0.717) is 33.8 Å². The van der Waals surface area contributed by atoms with Gasteiger partial charge in [0.15, 0.2) is 5.82 Å². The van der Waals surface area contributed by atoms with Gasteiger partial charge in [0.2, 0.25) is 5.95 Å². The number of H-pyrrole nitrogens is 1. The molecule has 0 unspecified atom stereocenters. The number of benzene rings is 3. The summed E-state index contributed by atoms with van der Waals surface area (Å²) in [6, 6.07) is 22.3. The van der Waals surface area contributed by atoms with E-state index in [1.165, 1.54) is 16.4 Å². The predicted molar refractivity (Wildman–Crippen MR) is 161 cm³/mol. The number of fused-ring (bicyclic) bond motifs is 1. The molecule has 0 atom stereocenters. The summed E-state index contributed by atoms with van der Waals surface area (Å²) in [5, 5.41) is 19.9. The fraction of sp³-hybridized carbons (Fsp3) is 0.133. The van der Waals surface area contributed by atoms with Crippen molar-refractivity contribution < 1.29 is 4.79 Å². The summed E-state index contributed by atoms with van der Waals surface area (Å²) in [4.78, 5) is 31.9. The van der Waals surface area contributed by atoms with E-state index in [1.807, 2.05) is 44.4 Å². The number of amides is 1. The van der Waals surface area contributed by atoms with Gasteiger partial charge in [-0.3, -0.25) is 4.79 Å². The molecule has 0 spiro atoms. The number of hydrogen-bond acceptors (Lipinski definition) is 8. The minimum atomic E-state index is -0.682. The fourth-order valence-electron chi connectivity index (χ4n) is 4.88. The number of carbonyl (C=O) groups is 1. The third-order valence-corrected chi connectivity index (χ3v) is 6.82. The van der Waals surface area contributed by atoms with Gasteiger partial charge >= 0.3 is 11.6 Å². The van der Waals surface area contributed by atoms with Crippen LogP contribution in [0.15, 0.2) is 83.8 Å². The number of aromatic nitrogens is 7. The van der Waals surface area contributed by atoms with Crippen molar-refractivity contribution >= 4 is 28.6 Å². The van der Waals surface area contributed by atoms with Gasteiger partial charge in [-0.05, 0) is 62.0 Å². The SMILES string of the molecule is Cc1nn(-c2cccc(-c3nnc(N)[nH]3)c2)c2c(=O)n(C(=O)Nc3ccc(-c4ccccc4CN(C)C)cc3)ncc12. The predicted octanol–water partition coefficient (Wildman–Crippen LogP) is 4.07. The Bertz CT molecular complexity index is 1990. The Balaban J connectivity index is 1.30. The Labute approximate surface area is 240 Å². The molecule has 0 radical (unpaired) electrons. The van der Waals surface area contributed by atoms with E-state index < -0.39 is 11.6 Å². The van der Waals surface area contributed by atoms with E-state index in [1.54, 1.807) is 37.3 Å². The first-order chi connectivity index (χ1) is 20.3. The maximum Gasteiger partial charge on any atom is 0.349 e. The first kappa shape index (κ1) is 26.6. The van der Waals surface area contributed by atoms with Crippen LogP contribution in [-0.4, -0.2) is 59.8 Å². The Kier molecular flexibility index (Phi) is 6.80. The molecule has 0 aliphatic rings. The van der Waals surface area contributed by atoms with E-state index >= 15 is 0 Å². The van der Waals surface area contributed by atoms with Crippen LogP contribution >= 0.6 is 0 Å². The molecule has 1 amide bonds. The van der Waals surface area contributed by atoms with Crippen LogP contribution in [0.3, 0.4) is 0 Å². The van der Waals surface area contributed by atoms with Gasteiger partial charge in [-0.15, -0.1) is 14.9 Å². The smallest absolute Gasteiger partial charge is 0.349 e. The summed E-state index contributed by atoms with van der Waals surface area (Å²) in [5.74, 6) is 0.674. The number of aryl methyl sites for hydroxylation is 1. The van der Waals surface area contributed by atoms with Crippen LogP contribution in [0.5, 0.6) is 0 Å². The number of nitrogens with zero attached hydrogens (tertiary/aromatic N) is 7. The van der Waals surface area contributed by atoms with Crippen molar-refractivity contribution in [3.63, 3.8) is 0 Å². The van der Waals surface area contributed by atoms with Gasteiger partial charge < -0.3 is 20.9 Å². The minimum absolute atomic E-state index is 0.194. The summed E-state index contributed by atoms with van der Waals surface area (Å²) < 4.78 is 2.31. The van der Waals surface area contributed by atoms with Crippen molar-refractivity contribution in [2.45, 2.75) is 13.5 Å². The monoisotopic (exact) mass is 560 g/mol. The van der Waals surface area contributed by atoms with E-state index in [2.05, 4.69) is 47.7 Å². The molecule has 12 nitrogen and oxygen atoms in total. The third kappa shape index (κ3) is 5.02. The van der Waals surface area contributed by atoms with Crippen LogP contribution in [0, 0.1) is 6.92 Å². The van der Waals surface area contributed by atoms with Crippen LogP contribution in [0.4, 0.5) is 16.4 Å². The van der Waals surface area contributed by atoms with Gasteiger partial charge in [-0.2, -0.15) is 10.2 Å². The standard InChI is InChI=1S/C30H28N10O2/c1-18-25-16-32-40(28(41)26(25)39(37-18)23-9-6-8-20(15-23)27-34-29(31)36-35-27)30(42)33-22-13-11-19(12-14-22)24-10-5-4-7-21(24)17-38(2)3/h4-16H,17H2,1-3H3,(H,33,42)(H3,31,34,35,36). The normalized spacial score (nSPS) is 11.3. The molecule has 210 valence electrons. The van der Waals surface area contributed by atoms with Gasteiger partial charge in [0.25, 0.3) is 0 Å². The lowest BCUT2D eigenvalue weighted by atomic mass is 9.99. The molecule has 42 heavy (non-hydrogen) atoms. The number of hydrogen-bond donors (Lipinski definition) is 3. The summed E-state index contributed by atoms with van der Waals surface area (Å²) in [7, 11) is 4.06. The van der Waals surface area contributed by atoms with Crippen LogP contribution < -0.4 is 16.6 Å². The maximum atomic E-state index is 13.6. The van der Waals surface area contributed by atoms with Crippen molar-refractivity contribution in [3.8, 4) is 28.2 Å². The lowest BCUT2D eigenvalue weighted by Gasteiger charge is -2.14. The number of aromatic amines is 1. The maximum absolute atomic E-state index is 13.6. The minimum Gasteiger partial charge on any atom is -0.368 e. The Morgan fingerprint density at radius 2 is 1.79 bits per heavy atom. The Morgan fingerprint density at radius 1 is 1.00 bits per heavy atom. The van der Waals surface area contributed by atoms with Crippen molar-refractivity contribution in [3.05, 3.63) is 101 Å². The van der Waals surface area contributed by atoms with Gasteiger partial charge in [0.05, 0.1) is 17.6 Å². The van der Waals surface area contributed by atoms with Crippen molar-refractivity contribution in [1.29, 1.82) is 0 Å². The first-order valence-corrected chi connectivity index (χ1v) is 13.2. The highest BCUT2D eigenvalue weighted by molar-refractivity contribution is 5.92. The number of carbonyl (C=O) groups excluding carboxylic acids is 1. The molecule has 0 saturated heterocycles. The second-order valence-electron chi connectivity index (χ2n) is 10.1. The van der Waals surface area contributed by atoms with Crippen LogP contribution in [0.2, 0.25) is 0 Å². The zero-order valence-electron chi connectivity index (χ0n) is 23.2. The van der Waals surface area contributed by atoms with E-state index in [0.717, 1.165) is 22.4 Å². The molecule has 6 rings (SSSR count). The van der Waals surface area contributed by atoms with Crippen molar-refractivity contribution in [1.82, 2.24) is 39.6 Å². The molecule has 3 aromatic heterocycles. The van der Waals surface area contributed by atoms with E-state index in [-0.39, 0.29) is 11.5 Å². The molecule has 12 heteroatoms. The highest BCUT2D eigenvalue weighted by atomic mass is 16.2. The molecule has 0 fully saturated rings. The van der Waals surface area contributed by atoms with Gasteiger partial charge in [0, 0.05) is 23.2 Å².